The Kier molecular flexibility index (Phi) is 5.10. The van der Waals surface area contributed by atoms with Crippen molar-refractivity contribution in [1.29, 1.82) is 0 Å². The van der Waals surface area contributed by atoms with Crippen molar-refractivity contribution in [3.05, 3.63) is 34.1 Å². The Morgan fingerprint density at radius 2 is 2.00 bits per heavy atom. The van der Waals surface area contributed by atoms with Crippen LogP contribution in [0.1, 0.15) is 32.8 Å². The van der Waals surface area contributed by atoms with E-state index in [9.17, 15) is 4.39 Å². The summed E-state index contributed by atoms with van der Waals surface area (Å²) in [5.74, 6) is 5.33. The first-order valence-electron chi connectivity index (χ1n) is 5.71. The maximum Gasteiger partial charge on any atom is 0.124 e. The van der Waals surface area contributed by atoms with Gasteiger partial charge in [-0.2, -0.15) is 0 Å². The van der Waals surface area contributed by atoms with Gasteiger partial charge in [0.2, 0.25) is 0 Å². The molecule has 1 unspecified atom stereocenters. The minimum Gasteiger partial charge on any atom is -0.271 e. The average molecular weight is 303 g/mol. The van der Waals surface area contributed by atoms with Crippen LogP contribution >= 0.6 is 15.9 Å². The molecule has 1 aromatic rings. The minimum absolute atomic E-state index is 0.156. The highest BCUT2D eigenvalue weighted by Gasteiger charge is 2.18. The van der Waals surface area contributed by atoms with E-state index in [4.69, 9.17) is 5.84 Å². The Bertz CT molecular complexity index is 354. The van der Waals surface area contributed by atoms with Crippen LogP contribution in [0.3, 0.4) is 0 Å². The first-order valence-corrected chi connectivity index (χ1v) is 6.50. The molecule has 0 amide bonds. The third-order valence-electron chi connectivity index (χ3n) is 2.50. The van der Waals surface area contributed by atoms with Gasteiger partial charge in [0, 0.05) is 10.5 Å². The summed E-state index contributed by atoms with van der Waals surface area (Å²) in [7, 11) is 0. The van der Waals surface area contributed by atoms with E-state index < -0.39 is 0 Å². The average Bonchev–Trinajstić information content (AvgIpc) is 2.12. The summed E-state index contributed by atoms with van der Waals surface area (Å²) in [6.45, 7) is 6.50. The number of halogens is 2. The van der Waals surface area contributed by atoms with Crippen LogP contribution in [0.25, 0.3) is 0 Å². The van der Waals surface area contributed by atoms with Crippen molar-refractivity contribution < 1.29 is 4.39 Å². The van der Waals surface area contributed by atoms with E-state index in [1.807, 2.05) is 6.07 Å². The fraction of sp³-hybridized carbons (Fsp3) is 0.538. The van der Waals surface area contributed by atoms with Crippen molar-refractivity contribution in [2.24, 2.45) is 11.3 Å². The zero-order valence-corrected chi connectivity index (χ0v) is 12.1. The Balaban J connectivity index is 2.73. The first-order chi connectivity index (χ1) is 7.80. The van der Waals surface area contributed by atoms with Gasteiger partial charge in [0.25, 0.3) is 0 Å². The summed E-state index contributed by atoms with van der Waals surface area (Å²) < 4.78 is 14.0. The molecule has 3 N–H and O–H groups in total. The normalized spacial score (nSPS) is 13.8. The van der Waals surface area contributed by atoms with E-state index in [1.165, 1.54) is 6.07 Å². The van der Waals surface area contributed by atoms with Gasteiger partial charge < -0.3 is 0 Å². The lowest BCUT2D eigenvalue weighted by Crippen LogP contribution is -2.39. The van der Waals surface area contributed by atoms with E-state index in [1.54, 1.807) is 6.07 Å². The highest BCUT2D eigenvalue weighted by molar-refractivity contribution is 9.10. The molecule has 0 saturated heterocycles. The molecule has 0 aliphatic heterocycles. The lowest BCUT2D eigenvalue weighted by molar-refractivity contribution is 0.308. The second kappa shape index (κ2) is 5.94. The predicted molar refractivity (Wildman–Crippen MR) is 73.0 cm³/mol. The largest absolute Gasteiger partial charge is 0.271 e. The summed E-state index contributed by atoms with van der Waals surface area (Å²) >= 11 is 3.29. The minimum atomic E-state index is -0.221. The number of nitrogens with one attached hydrogen (secondary N) is 1. The maximum absolute atomic E-state index is 13.2. The van der Waals surface area contributed by atoms with Crippen LogP contribution in [0, 0.1) is 11.2 Å². The molecule has 1 aromatic carbocycles. The molecule has 0 radical (unpaired) electrons. The molecule has 0 spiro atoms. The van der Waals surface area contributed by atoms with Crippen molar-refractivity contribution in [3.8, 4) is 0 Å². The highest BCUT2D eigenvalue weighted by atomic mass is 79.9. The van der Waals surface area contributed by atoms with Crippen LogP contribution in [-0.2, 0) is 6.42 Å². The molecule has 0 aliphatic rings. The molecular weight excluding hydrogens is 283 g/mol. The van der Waals surface area contributed by atoms with Crippen LogP contribution in [0.5, 0.6) is 0 Å². The monoisotopic (exact) mass is 302 g/mol. The maximum atomic E-state index is 13.2. The van der Waals surface area contributed by atoms with Crippen molar-refractivity contribution in [2.45, 2.75) is 39.7 Å². The fourth-order valence-corrected chi connectivity index (χ4v) is 2.46. The molecular formula is C13H20BrFN2. The Labute approximate surface area is 111 Å². The van der Waals surface area contributed by atoms with E-state index in [0.29, 0.717) is 0 Å². The van der Waals surface area contributed by atoms with Crippen LogP contribution in [0.2, 0.25) is 0 Å². The lowest BCUT2D eigenvalue weighted by Gasteiger charge is -2.25. The Hall–Kier alpha value is -0.450. The zero-order chi connectivity index (χ0) is 13.1. The standard InChI is InChI=1S/C13H20BrFN2/c1-13(2,3)8-12(17-16)6-9-4-10(14)7-11(15)5-9/h4-5,7,12,17H,6,8,16H2,1-3H3. The van der Waals surface area contributed by atoms with Crippen LogP contribution < -0.4 is 11.3 Å². The first kappa shape index (κ1) is 14.6. The number of nitrogens with two attached hydrogens (primary N) is 1. The summed E-state index contributed by atoms with van der Waals surface area (Å²) in [5.41, 5.74) is 3.95. The molecule has 0 fully saturated rings. The Morgan fingerprint density at radius 3 is 2.47 bits per heavy atom. The van der Waals surface area contributed by atoms with E-state index in [-0.39, 0.29) is 17.3 Å². The topological polar surface area (TPSA) is 38.0 Å². The number of benzene rings is 1. The molecule has 4 heteroatoms. The third-order valence-corrected chi connectivity index (χ3v) is 2.96. The molecule has 1 atom stereocenters. The van der Waals surface area contributed by atoms with Crippen LogP contribution in [0.4, 0.5) is 4.39 Å². The van der Waals surface area contributed by atoms with Gasteiger partial charge in [-0.1, -0.05) is 36.7 Å². The van der Waals surface area contributed by atoms with Gasteiger partial charge >= 0.3 is 0 Å². The highest BCUT2D eigenvalue weighted by Crippen LogP contribution is 2.23. The van der Waals surface area contributed by atoms with Gasteiger partial charge in [-0.15, -0.1) is 0 Å². The predicted octanol–water partition coefficient (Wildman–Crippen LogP) is 3.40. The molecule has 2 nitrogen and oxygen atoms in total. The van der Waals surface area contributed by atoms with Crippen molar-refractivity contribution >= 4 is 15.9 Å². The lowest BCUT2D eigenvalue weighted by atomic mass is 9.86. The smallest absolute Gasteiger partial charge is 0.124 e. The van der Waals surface area contributed by atoms with Gasteiger partial charge in [-0.3, -0.25) is 11.3 Å². The molecule has 0 heterocycles. The summed E-state index contributed by atoms with van der Waals surface area (Å²) in [4.78, 5) is 0. The van der Waals surface area contributed by atoms with Crippen molar-refractivity contribution in [2.75, 3.05) is 0 Å². The molecule has 1 rings (SSSR count). The second-order valence-corrected chi connectivity index (χ2v) is 6.53. The Morgan fingerprint density at radius 1 is 1.35 bits per heavy atom. The second-order valence-electron chi connectivity index (χ2n) is 5.61. The molecule has 96 valence electrons. The molecule has 0 bridgehead atoms. The molecule has 0 saturated carbocycles. The van der Waals surface area contributed by atoms with Crippen LogP contribution in [0.15, 0.2) is 22.7 Å². The van der Waals surface area contributed by atoms with Gasteiger partial charge in [0.15, 0.2) is 0 Å². The van der Waals surface area contributed by atoms with E-state index in [0.717, 1.165) is 22.9 Å². The van der Waals surface area contributed by atoms with Gasteiger partial charge in [0.1, 0.15) is 5.82 Å². The number of hydrogen-bond donors (Lipinski definition) is 2. The van der Waals surface area contributed by atoms with Crippen molar-refractivity contribution in [3.63, 3.8) is 0 Å². The molecule has 17 heavy (non-hydrogen) atoms. The fourth-order valence-electron chi connectivity index (χ4n) is 1.94. The number of rotatable bonds is 4. The van der Waals surface area contributed by atoms with Gasteiger partial charge in [0.05, 0.1) is 0 Å². The van der Waals surface area contributed by atoms with Gasteiger partial charge in [-0.25, -0.2) is 4.39 Å². The van der Waals surface area contributed by atoms with Crippen LogP contribution in [-0.4, -0.2) is 6.04 Å². The summed E-state index contributed by atoms with van der Waals surface area (Å²) in [6, 6.07) is 5.09. The summed E-state index contributed by atoms with van der Waals surface area (Å²) in [5, 5.41) is 0. The van der Waals surface area contributed by atoms with Gasteiger partial charge in [-0.05, 0) is 42.0 Å². The zero-order valence-electron chi connectivity index (χ0n) is 10.6. The van der Waals surface area contributed by atoms with E-state index in [2.05, 4.69) is 42.1 Å². The number of hydrazine groups is 1. The quantitative estimate of drug-likeness (QED) is 0.661. The third kappa shape index (κ3) is 5.61. The molecule has 0 aliphatic carbocycles. The SMILES string of the molecule is CC(C)(C)CC(Cc1cc(F)cc(Br)c1)NN. The van der Waals surface area contributed by atoms with E-state index >= 15 is 0 Å². The summed E-state index contributed by atoms with van der Waals surface area (Å²) in [6.07, 6.45) is 1.67. The number of hydrogen-bond acceptors (Lipinski definition) is 2. The molecule has 0 aromatic heterocycles. The van der Waals surface area contributed by atoms with Crippen molar-refractivity contribution in [1.82, 2.24) is 5.43 Å².